The third kappa shape index (κ3) is 2.40. The molecule has 0 fully saturated rings. The number of amides is 1. The van der Waals surface area contributed by atoms with E-state index in [1.54, 1.807) is 0 Å². The Kier molecular flexibility index (Phi) is 3.19. The van der Waals surface area contributed by atoms with Crippen LogP contribution in [0.15, 0.2) is 36.4 Å². The highest BCUT2D eigenvalue weighted by atomic mass is 32.1. The van der Waals surface area contributed by atoms with Gasteiger partial charge in [0.1, 0.15) is 0 Å². The number of aryl methyl sites for hydroxylation is 3. The fourth-order valence-electron chi connectivity index (χ4n) is 2.97. The molecule has 0 saturated carbocycles. The van der Waals surface area contributed by atoms with Crippen molar-refractivity contribution < 1.29 is 4.79 Å². The van der Waals surface area contributed by atoms with Crippen molar-refractivity contribution in [3.05, 3.63) is 58.7 Å². The maximum Gasteiger partial charge on any atom is 0.257 e. The maximum absolute atomic E-state index is 12.4. The van der Waals surface area contributed by atoms with E-state index in [1.165, 1.54) is 34.4 Å². The minimum Gasteiger partial charge on any atom is -0.298 e. The van der Waals surface area contributed by atoms with Gasteiger partial charge in [0.05, 0.1) is 10.2 Å². The summed E-state index contributed by atoms with van der Waals surface area (Å²) in [6.45, 7) is 2.06. The van der Waals surface area contributed by atoms with Crippen molar-refractivity contribution in [1.29, 1.82) is 0 Å². The van der Waals surface area contributed by atoms with E-state index in [-0.39, 0.29) is 5.91 Å². The summed E-state index contributed by atoms with van der Waals surface area (Å²) < 4.78 is 1.10. The van der Waals surface area contributed by atoms with Crippen molar-refractivity contribution in [2.24, 2.45) is 0 Å². The number of aromatic nitrogens is 1. The standard InChI is InChI=1S/C18H16N2OS/c1-11-5-8-15-16(9-11)22-18(19-15)20-17(21)14-7-6-12-3-2-4-13(12)10-14/h5-10H,2-4H2,1H3,(H,19,20,21). The summed E-state index contributed by atoms with van der Waals surface area (Å²) in [6, 6.07) is 12.1. The number of anilines is 1. The fraction of sp³-hybridized carbons (Fsp3) is 0.222. The number of hydrogen-bond acceptors (Lipinski definition) is 3. The molecule has 0 unspecified atom stereocenters. The molecule has 4 heteroatoms. The Balaban J connectivity index is 1.60. The van der Waals surface area contributed by atoms with Gasteiger partial charge in [0, 0.05) is 5.56 Å². The molecule has 1 heterocycles. The molecule has 1 amide bonds. The second-order valence-corrected chi connectivity index (χ2v) is 6.81. The van der Waals surface area contributed by atoms with Crippen LogP contribution < -0.4 is 5.32 Å². The van der Waals surface area contributed by atoms with E-state index in [9.17, 15) is 4.79 Å². The molecule has 0 atom stereocenters. The van der Waals surface area contributed by atoms with E-state index < -0.39 is 0 Å². The van der Waals surface area contributed by atoms with E-state index in [1.807, 2.05) is 24.3 Å². The zero-order valence-corrected chi connectivity index (χ0v) is 13.2. The SMILES string of the molecule is Cc1ccc2nc(NC(=O)c3ccc4c(c3)CCC4)sc2c1. The Labute approximate surface area is 133 Å². The lowest BCUT2D eigenvalue weighted by atomic mass is 10.1. The van der Waals surface area contributed by atoms with Gasteiger partial charge in [-0.15, -0.1) is 0 Å². The van der Waals surface area contributed by atoms with Gasteiger partial charge in [-0.1, -0.05) is 23.5 Å². The lowest BCUT2D eigenvalue weighted by Crippen LogP contribution is -2.12. The van der Waals surface area contributed by atoms with Crippen LogP contribution in [0.2, 0.25) is 0 Å². The van der Waals surface area contributed by atoms with Crippen molar-refractivity contribution in [2.75, 3.05) is 5.32 Å². The summed E-state index contributed by atoms with van der Waals surface area (Å²) in [5.74, 6) is -0.0783. The topological polar surface area (TPSA) is 42.0 Å². The van der Waals surface area contributed by atoms with Crippen molar-refractivity contribution >= 4 is 32.6 Å². The second-order valence-electron chi connectivity index (χ2n) is 5.78. The largest absolute Gasteiger partial charge is 0.298 e. The van der Waals surface area contributed by atoms with E-state index in [0.29, 0.717) is 5.13 Å². The summed E-state index contributed by atoms with van der Waals surface area (Å²) in [5, 5.41) is 3.59. The number of nitrogens with zero attached hydrogens (tertiary/aromatic N) is 1. The van der Waals surface area contributed by atoms with Crippen LogP contribution in [-0.2, 0) is 12.8 Å². The second kappa shape index (κ2) is 5.21. The number of hydrogen-bond donors (Lipinski definition) is 1. The molecule has 22 heavy (non-hydrogen) atoms. The third-order valence-corrected chi connectivity index (χ3v) is 5.06. The fourth-order valence-corrected chi connectivity index (χ4v) is 3.93. The molecular weight excluding hydrogens is 292 g/mol. The van der Waals surface area contributed by atoms with Gasteiger partial charge in [-0.25, -0.2) is 4.98 Å². The molecule has 1 N–H and O–H groups in total. The Morgan fingerprint density at radius 3 is 2.91 bits per heavy atom. The zero-order chi connectivity index (χ0) is 15.1. The van der Waals surface area contributed by atoms with E-state index in [0.717, 1.165) is 28.6 Å². The summed E-state index contributed by atoms with van der Waals surface area (Å²) in [5.41, 5.74) is 5.54. The van der Waals surface area contributed by atoms with Gasteiger partial charge in [-0.3, -0.25) is 10.1 Å². The van der Waals surface area contributed by atoms with Crippen molar-refractivity contribution in [3.63, 3.8) is 0 Å². The molecule has 1 aliphatic rings. The van der Waals surface area contributed by atoms with Crippen LogP contribution >= 0.6 is 11.3 Å². The zero-order valence-electron chi connectivity index (χ0n) is 12.3. The van der Waals surface area contributed by atoms with Crippen LogP contribution in [0, 0.1) is 6.92 Å². The van der Waals surface area contributed by atoms with Gasteiger partial charge in [0.15, 0.2) is 5.13 Å². The first-order chi connectivity index (χ1) is 10.7. The van der Waals surface area contributed by atoms with Crippen LogP contribution in [-0.4, -0.2) is 10.9 Å². The Morgan fingerprint density at radius 2 is 2.00 bits per heavy atom. The predicted molar refractivity (Wildman–Crippen MR) is 90.8 cm³/mol. The molecule has 3 aromatic rings. The highest BCUT2D eigenvalue weighted by Gasteiger charge is 2.15. The number of nitrogens with one attached hydrogen (secondary N) is 1. The number of benzene rings is 2. The Bertz CT molecular complexity index is 882. The van der Waals surface area contributed by atoms with Gasteiger partial charge in [-0.05, 0) is 67.1 Å². The Morgan fingerprint density at radius 1 is 1.14 bits per heavy atom. The first-order valence-electron chi connectivity index (χ1n) is 7.49. The van der Waals surface area contributed by atoms with Gasteiger partial charge in [-0.2, -0.15) is 0 Å². The quantitative estimate of drug-likeness (QED) is 0.765. The molecular formula is C18H16N2OS. The maximum atomic E-state index is 12.4. The van der Waals surface area contributed by atoms with Gasteiger partial charge in [0.25, 0.3) is 5.91 Å². The first-order valence-corrected chi connectivity index (χ1v) is 8.31. The molecule has 0 spiro atoms. The van der Waals surface area contributed by atoms with Crippen LogP contribution in [0.1, 0.15) is 33.5 Å². The van der Waals surface area contributed by atoms with Crippen LogP contribution in [0.3, 0.4) is 0 Å². The molecule has 110 valence electrons. The minimum atomic E-state index is -0.0783. The van der Waals surface area contributed by atoms with Crippen molar-refractivity contribution in [2.45, 2.75) is 26.2 Å². The monoisotopic (exact) mass is 308 g/mol. The van der Waals surface area contributed by atoms with Crippen molar-refractivity contribution in [3.8, 4) is 0 Å². The molecule has 1 aromatic heterocycles. The van der Waals surface area contributed by atoms with Crippen LogP contribution in [0.5, 0.6) is 0 Å². The normalized spacial score (nSPS) is 13.3. The molecule has 1 aliphatic carbocycles. The van der Waals surface area contributed by atoms with Gasteiger partial charge < -0.3 is 0 Å². The summed E-state index contributed by atoms with van der Waals surface area (Å²) in [4.78, 5) is 16.9. The van der Waals surface area contributed by atoms with Gasteiger partial charge >= 0.3 is 0 Å². The molecule has 3 nitrogen and oxygen atoms in total. The van der Waals surface area contributed by atoms with Crippen LogP contribution in [0.4, 0.5) is 5.13 Å². The van der Waals surface area contributed by atoms with E-state index in [2.05, 4.69) is 29.4 Å². The highest BCUT2D eigenvalue weighted by Crippen LogP contribution is 2.28. The molecule has 0 saturated heterocycles. The average molecular weight is 308 g/mol. The lowest BCUT2D eigenvalue weighted by molar-refractivity contribution is 0.102. The van der Waals surface area contributed by atoms with Gasteiger partial charge in [0.2, 0.25) is 0 Å². The number of carbonyl (C=O) groups excluding carboxylic acids is 1. The van der Waals surface area contributed by atoms with Crippen LogP contribution in [0.25, 0.3) is 10.2 Å². The number of rotatable bonds is 2. The van der Waals surface area contributed by atoms with E-state index in [4.69, 9.17) is 0 Å². The number of fused-ring (bicyclic) bond motifs is 2. The predicted octanol–water partition coefficient (Wildman–Crippen LogP) is 4.35. The highest BCUT2D eigenvalue weighted by molar-refractivity contribution is 7.22. The minimum absolute atomic E-state index is 0.0783. The Hall–Kier alpha value is -2.20. The third-order valence-electron chi connectivity index (χ3n) is 4.13. The van der Waals surface area contributed by atoms with Crippen molar-refractivity contribution in [1.82, 2.24) is 4.98 Å². The lowest BCUT2D eigenvalue weighted by Gasteiger charge is -2.04. The first kappa shape index (κ1) is 13.5. The summed E-state index contributed by atoms with van der Waals surface area (Å²) >= 11 is 1.52. The number of thiazole rings is 1. The smallest absolute Gasteiger partial charge is 0.257 e. The molecule has 2 aromatic carbocycles. The number of carbonyl (C=O) groups is 1. The molecule has 4 rings (SSSR count). The molecule has 0 aliphatic heterocycles. The summed E-state index contributed by atoms with van der Waals surface area (Å²) in [7, 11) is 0. The molecule has 0 radical (unpaired) electrons. The van der Waals surface area contributed by atoms with E-state index >= 15 is 0 Å². The summed E-state index contributed by atoms with van der Waals surface area (Å²) in [6.07, 6.45) is 3.41. The average Bonchev–Trinajstić information content (AvgIpc) is 3.11. The molecule has 0 bridgehead atoms.